The highest BCUT2D eigenvalue weighted by atomic mass is 16.6. The van der Waals surface area contributed by atoms with Crippen molar-refractivity contribution in [3.8, 4) is 0 Å². The summed E-state index contributed by atoms with van der Waals surface area (Å²) in [7, 11) is 1.35. The van der Waals surface area contributed by atoms with Crippen LogP contribution in [0.4, 0.5) is 11.4 Å². The number of likely N-dealkylation sites (N-methyl/N-ethyl adjacent to an activating group) is 1. The molecular formula is C14H13N5O5. The zero-order valence-electron chi connectivity index (χ0n) is 12.7. The molecule has 0 atom stereocenters. The van der Waals surface area contributed by atoms with E-state index in [2.05, 4.69) is 15.8 Å². The lowest BCUT2D eigenvalue weighted by Crippen LogP contribution is -2.46. The van der Waals surface area contributed by atoms with E-state index < -0.39 is 22.6 Å². The average Bonchev–Trinajstić information content (AvgIpc) is 2.54. The average molecular weight is 331 g/mol. The van der Waals surface area contributed by atoms with Crippen LogP contribution >= 0.6 is 0 Å². The molecule has 0 spiro atoms. The molecule has 1 aromatic carbocycles. The van der Waals surface area contributed by atoms with E-state index in [1.54, 1.807) is 0 Å². The summed E-state index contributed by atoms with van der Waals surface area (Å²) in [6, 6.07) is 5.50. The molecule has 0 fully saturated rings. The second-order valence-electron chi connectivity index (χ2n) is 4.74. The summed E-state index contributed by atoms with van der Waals surface area (Å²) < 4.78 is 0. The van der Waals surface area contributed by atoms with Crippen LogP contribution in [0, 0.1) is 10.1 Å². The molecule has 1 aliphatic rings. The first kappa shape index (κ1) is 16.8. The van der Waals surface area contributed by atoms with Gasteiger partial charge < -0.3 is 5.32 Å². The predicted octanol–water partition coefficient (Wildman–Crippen LogP) is 0.0816. The van der Waals surface area contributed by atoms with Crippen LogP contribution in [0.5, 0.6) is 0 Å². The third-order valence-corrected chi connectivity index (χ3v) is 3.21. The number of benzene rings is 1. The number of nitro groups is 1. The van der Waals surface area contributed by atoms with E-state index >= 15 is 0 Å². The van der Waals surface area contributed by atoms with Gasteiger partial charge in [-0.25, -0.2) is 0 Å². The van der Waals surface area contributed by atoms with Crippen molar-refractivity contribution in [1.29, 1.82) is 0 Å². The second-order valence-corrected chi connectivity index (χ2v) is 4.74. The minimum absolute atomic E-state index is 0.0982. The summed E-state index contributed by atoms with van der Waals surface area (Å²) in [5.74, 6) is -2.24. The van der Waals surface area contributed by atoms with Crippen LogP contribution in [0.25, 0.3) is 0 Å². The van der Waals surface area contributed by atoms with Crippen molar-refractivity contribution >= 4 is 34.8 Å². The van der Waals surface area contributed by atoms with Crippen molar-refractivity contribution in [2.75, 3.05) is 12.5 Å². The Morgan fingerprint density at radius 1 is 1.29 bits per heavy atom. The first-order valence-corrected chi connectivity index (χ1v) is 6.72. The maximum absolute atomic E-state index is 11.9. The number of imide groups is 1. The largest absolute Gasteiger partial charge is 0.355 e. The van der Waals surface area contributed by atoms with E-state index in [-0.39, 0.29) is 28.2 Å². The smallest absolute Gasteiger partial charge is 0.278 e. The van der Waals surface area contributed by atoms with Gasteiger partial charge in [-0.15, -0.1) is 0 Å². The van der Waals surface area contributed by atoms with Gasteiger partial charge in [-0.1, -0.05) is 6.07 Å². The standard InChI is InChI=1S/C14H13N5O5/c1-7-10(12(20)15-2)13(21)16-14(22)11(7)18-17-8-4-3-5-9(6-8)19(23)24/h3-6,17H,1-2H3,(H,15,20)(H,16,21,22)/b18-11-. The van der Waals surface area contributed by atoms with Gasteiger partial charge in [0.25, 0.3) is 23.4 Å². The van der Waals surface area contributed by atoms with Crippen molar-refractivity contribution in [3.63, 3.8) is 0 Å². The number of nitrogens with one attached hydrogen (secondary N) is 3. The van der Waals surface area contributed by atoms with E-state index in [9.17, 15) is 24.5 Å². The van der Waals surface area contributed by atoms with Crippen LogP contribution in [0.2, 0.25) is 0 Å². The van der Waals surface area contributed by atoms with Crippen LogP contribution in [0.3, 0.4) is 0 Å². The number of carbonyl (C=O) groups is 3. The number of carbonyl (C=O) groups excluding carboxylic acids is 3. The van der Waals surface area contributed by atoms with Crippen LogP contribution in [0.15, 0.2) is 40.5 Å². The van der Waals surface area contributed by atoms with Gasteiger partial charge in [-0.2, -0.15) is 5.10 Å². The van der Waals surface area contributed by atoms with Crippen LogP contribution < -0.4 is 16.1 Å². The first-order chi connectivity index (χ1) is 11.3. The summed E-state index contributed by atoms with van der Waals surface area (Å²) in [6.45, 7) is 1.41. The molecule has 0 unspecified atom stereocenters. The summed E-state index contributed by atoms with van der Waals surface area (Å²) >= 11 is 0. The fourth-order valence-electron chi connectivity index (χ4n) is 2.03. The highest BCUT2D eigenvalue weighted by molar-refractivity contribution is 6.52. The number of anilines is 1. The molecule has 1 aromatic rings. The number of non-ortho nitro benzene ring substituents is 1. The Labute approximate surface area is 135 Å². The molecule has 0 bridgehead atoms. The number of amides is 3. The minimum Gasteiger partial charge on any atom is -0.355 e. The van der Waals surface area contributed by atoms with Gasteiger partial charge in [0.2, 0.25) is 0 Å². The zero-order valence-corrected chi connectivity index (χ0v) is 12.7. The molecule has 0 aromatic heterocycles. The fraction of sp³-hybridized carbons (Fsp3) is 0.143. The lowest BCUT2D eigenvalue weighted by molar-refractivity contribution is -0.384. The van der Waals surface area contributed by atoms with E-state index in [0.29, 0.717) is 0 Å². The van der Waals surface area contributed by atoms with Crippen molar-refractivity contribution in [2.24, 2.45) is 5.10 Å². The maximum atomic E-state index is 11.9. The molecule has 0 saturated carbocycles. The molecule has 1 heterocycles. The first-order valence-electron chi connectivity index (χ1n) is 6.72. The number of hydrogen-bond acceptors (Lipinski definition) is 7. The molecule has 124 valence electrons. The number of nitrogens with zero attached hydrogens (tertiary/aromatic N) is 2. The van der Waals surface area contributed by atoms with Gasteiger partial charge in [0.1, 0.15) is 5.57 Å². The third kappa shape index (κ3) is 3.27. The quantitative estimate of drug-likeness (QED) is 0.308. The van der Waals surface area contributed by atoms with Gasteiger partial charge in [0, 0.05) is 24.8 Å². The molecule has 0 saturated heterocycles. The zero-order chi connectivity index (χ0) is 17.9. The van der Waals surface area contributed by atoms with E-state index in [1.165, 1.54) is 38.2 Å². The lowest BCUT2D eigenvalue weighted by atomic mass is 9.99. The SMILES string of the molecule is CNC(=O)C1=C(C)/C(=N/Nc2cccc([N+](=O)[O-])c2)C(=O)NC1=O. The number of nitro benzene ring substituents is 1. The van der Waals surface area contributed by atoms with Gasteiger partial charge in [0.05, 0.1) is 10.6 Å². The molecule has 1 aliphatic heterocycles. The Morgan fingerprint density at radius 2 is 2.00 bits per heavy atom. The summed E-state index contributed by atoms with van der Waals surface area (Å²) in [4.78, 5) is 45.6. The molecular weight excluding hydrogens is 318 g/mol. The second kappa shape index (κ2) is 6.69. The Morgan fingerprint density at radius 3 is 2.62 bits per heavy atom. The molecule has 24 heavy (non-hydrogen) atoms. The van der Waals surface area contributed by atoms with Gasteiger partial charge in [-0.05, 0) is 13.0 Å². The predicted molar refractivity (Wildman–Crippen MR) is 84.1 cm³/mol. The summed E-state index contributed by atoms with van der Waals surface area (Å²) in [5.41, 5.74) is 2.34. The van der Waals surface area contributed by atoms with E-state index in [4.69, 9.17) is 0 Å². The Bertz CT molecular complexity index is 812. The van der Waals surface area contributed by atoms with E-state index in [1.807, 2.05) is 5.32 Å². The summed E-state index contributed by atoms with van der Waals surface area (Å²) in [6.07, 6.45) is 0. The molecule has 3 N–H and O–H groups in total. The molecule has 2 rings (SSSR count). The number of hydrogen-bond donors (Lipinski definition) is 3. The van der Waals surface area contributed by atoms with Crippen LogP contribution in [-0.4, -0.2) is 35.4 Å². The van der Waals surface area contributed by atoms with Crippen molar-refractivity contribution < 1.29 is 19.3 Å². The number of hydrazone groups is 1. The highest BCUT2D eigenvalue weighted by Crippen LogP contribution is 2.18. The molecule has 0 radical (unpaired) electrons. The molecule has 10 heteroatoms. The molecule has 0 aliphatic carbocycles. The lowest BCUT2D eigenvalue weighted by Gasteiger charge is -2.17. The van der Waals surface area contributed by atoms with Gasteiger partial charge in [0.15, 0.2) is 5.71 Å². The fourth-order valence-corrected chi connectivity index (χ4v) is 2.03. The Balaban J connectivity index is 2.37. The molecule has 3 amide bonds. The Hall–Kier alpha value is -3.56. The van der Waals surface area contributed by atoms with Crippen LogP contribution in [0.1, 0.15) is 6.92 Å². The van der Waals surface area contributed by atoms with E-state index in [0.717, 1.165) is 0 Å². The maximum Gasteiger partial charge on any atom is 0.278 e. The topological polar surface area (TPSA) is 143 Å². The van der Waals surface area contributed by atoms with Crippen molar-refractivity contribution in [3.05, 3.63) is 45.5 Å². The summed E-state index contributed by atoms with van der Waals surface area (Å²) in [5, 5.41) is 18.9. The normalized spacial score (nSPS) is 16.0. The van der Waals surface area contributed by atoms with Gasteiger partial charge >= 0.3 is 0 Å². The third-order valence-electron chi connectivity index (χ3n) is 3.21. The van der Waals surface area contributed by atoms with Crippen LogP contribution in [-0.2, 0) is 14.4 Å². The molecule has 10 nitrogen and oxygen atoms in total. The highest BCUT2D eigenvalue weighted by Gasteiger charge is 2.32. The minimum atomic E-state index is -0.814. The van der Waals surface area contributed by atoms with Gasteiger partial charge in [-0.3, -0.25) is 35.2 Å². The Kier molecular flexibility index (Phi) is 4.68. The van der Waals surface area contributed by atoms with Crippen molar-refractivity contribution in [1.82, 2.24) is 10.6 Å². The monoisotopic (exact) mass is 331 g/mol. The number of rotatable bonds is 4. The van der Waals surface area contributed by atoms with Crippen molar-refractivity contribution in [2.45, 2.75) is 6.92 Å².